The second-order valence-electron chi connectivity index (χ2n) is 2.30. The van der Waals surface area contributed by atoms with E-state index in [-0.39, 0.29) is 26.2 Å². The summed E-state index contributed by atoms with van der Waals surface area (Å²) in [5.74, 6) is 0. The van der Waals surface area contributed by atoms with Gasteiger partial charge in [0.1, 0.15) is 0 Å². The third-order valence-corrected chi connectivity index (χ3v) is 0.556. The van der Waals surface area contributed by atoms with Gasteiger partial charge in [-0.15, -0.1) is 0 Å². The van der Waals surface area contributed by atoms with Crippen LogP contribution in [0.25, 0.3) is 0 Å². The molecule has 0 saturated carbocycles. The molecule has 0 amide bonds. The summed E-state index contributed by atoms with van der Waals surface area (Å²) in [6.07, 6.45) is 0. The first-order valence-corrected chi connectivity index (χ1v) is 3.01. The molecular formula is C8H14NZr-. The Morgan fingerprint density at radius 1 is 1.00 bits per heavy atom. The monoisotopic (exact) mass is 214 g/mol. The van der Waals surface area contributed by atoms with Gasteiger partial charge in [0, 0.05) is 26.2 Å². The Morgan fingerprint density at radius 2 is 1.30 bits per heavy atom. The van der Waals surface area contributed by atoms with Crippen molar-refractivity contribution in [1.82, 2.24) is 4.90 Å². The van der Waals surface area contributed by atoms with E-state index in [4.69, 9.17) is 0 Å². The molecule has 0 aromatic heterocycles. The first kappa shape index (κ1) is 12.8. The van der Waals surface area contributed by atoms with E-state index in [2.05, 4.69) is 0 Å². The van der Waals surface area contributed by atoms with Gasteiger partial charge in [-0.3, -0.25) is 0 Å². The van der Waals surface area contributed by atoms with E-state index in [0.29, 0.717) is 0 Å². The molecule has 0 aliphatic rings. The average molecular weight is 215 g/mol. The van der Waals surface area contributed by atoms with Gasteiger partial charge in [0.25, 0.3) is 0 Å². The maximum absolute atomic E-state index is 2.00. The Bertz CT molecular complexity index is 92.8. The van der Waals surface area contributed by atoms with Gasteiger partial charge >= 0.3 is 0 Å². The zero-order valence-electron chi connectivity index (χ0n) is 6.83. The van der Waals surface area contributed by atoms with Crippen LogP contribution in [0, 0.1) is 0 Å². The molecule has 0 aliphatic heterocycles. The summed E-state index contributed by atoms with van der Waals surface area (Å²) >= 11 is 0. The van der Waals surface area contributed by atoms with Crippen LogP contribution in [-0.2, 0) is 26.2 Å². The smallest absolute Gasteiger partial charge is 0 e. The summed E-state index contributed by atoms with van der Waals surface area (Å²) in [7, 11) is 6.00. The average Bonchev–Trinajstić information content (AvgIpc) is 2.11. The molecule has 1 aromatic rings. The summed E-state index contributed by atoms with van der Waals surface area (Å²) in [6, 6.07) is 10.0. The molecule has 0 unspecified atom stereocenters. The van der Waals surface area contributed by atoms with Crippen LogP contribution in [0.2, 0.25) is 0 Å². The van der Waals surface area contributed by atoms with Gasteiger partial charge < -0.3 is 4.90 Å². The standard InChI is InChI=1S/C5H5.C3H9N.Zr/c1-2-4-5-3-1;1-4(2)3;/h1-5H;1-3H3;/q-1;;. The number of hydrogen-bond acceptors (Lipinski definition) is 1. The molecular weight excluding hydrogens is 201 g/mol. The Labute approximate surface area is 82.5 Å². The third kappa shape index (κ3) is 15.7. The van der Waals surface area contributed by atoms with Gasteiger partial charge in [-0.25, -0.2) is 12.1 Å². The van der Waals surface area contributed by atoms with E-state index in [9.17, 15) is 0 Å². The Hall–Kier alpha value is 0.193. The maximum atomic E-state index is 2.00. The summed E-state index contributed by atoms with van der Waals surface area (Å²) in [5, 5.41) is 0. The van der Waals surface area contributed by atoms with Gasteiger partial charge in [0.05, 0.1) is 0 Å². The Kier molecular flexibility index (Phi) is 11.8. The zero-order valence-corrected chi connectivity index (χ0v) is 9.29. The maximum Gasteiger partial charge on any atom is 0 e. The minimum Gasteiger partial charge on any atom is -0.312 e. The number of rotatable bonds is 0. The summed E-state index contributed by atoms with van der Waals surface area (Å²) < 4.78 is 0. The third-order valence-electron chi connectivity index (χ3n) is 0.556. The van der Waals surface area contributed by atoms with E-state index < -0.39 is 0 Å². The molecule has 0 atom stereocenters. The molecule has 0 saturated heterocycles. The van der Waals surface area contributed by atoms with Crippen molar-refractivity contribution in [2.24, 2.45) is 0 Å². The van der Waals surface area contributed by atoms with Crippen LogP contribution < -0.4 is 0 Å². The van der Waals surface area contributed by atoms with Crippen molar-refractivity contribution in [3.63, 3.8) is 0 Å². The van der Waals surface area contributed by atoms with Crippen molar-refractivity contribution in [3.8, 4) is 0 Å². The molecule has 0 aliphatic carbocycles. The molecule has 10 heavy (non-hydrogen) atoms. The Balaban J connectivity index is 0. The minimum atomic E-state index is 0. The van der Waals surface area contributed by atoms with Crippen LogP contribution in [0.5, 0.6) is 0 Å². The van der Waals surface area contributed by atoms with Crippen LogP contribution >= 0.6 is 0 Å². The van der Waals surface area contributed by atoms with Crippen molar-refractivity contribution in [2.75, 3.05) is 21.1 Å². The number of nitrogens with zero attached hydrogens (tertiary/aromatic N) is 1. The van der Waals surface area contributed by atoms with Crippen LogP contribution in [0.4, 0.5) is 0 Å². The van der Waals surface area contributed by atoms with Crippen LogP contribution in [-0.4, -0.2) is 26.0 Å². The van der Waals surface area contributed by atoms with Crippen LogP contribution in [0.15, 0.2) is 30.3 Å². The molecule has 0 N–H and O–H groups in total. The quantitative estimate of drug-likeness (QED) is 0.594. The molecule has 0 spiro atoms. The molecule has 2 heteroatoms. The molecule has 56 valence electrons. The summed E-state index contributed by atoms with van der Waals surface area (Å²) in [6.45, 7) is 0. The van der Waals surface area contributed by atoms with Crippen molar-refractivity contribution in [2.45, 2.75) is 0 Å². The fraction of sp³-hybridized carbons (Fsp3) is 0.375. The molecule has 0 fully saturated rings. The van der Waals surface area contributed by atoms with E-state index in [1.54, 1.807) is 0 Å². The fourth-order valence-corrected chi connectivity index (χ4v) is 0.321. The molecule has 0 radical (unpaired) electrons. The van der Waals surface area contributed by atoms with Crippen molar-refractivity contribution < 1.29 is 26.2 Å². The van der Waals surface area contributed by atoms with Crippen LogP contribution in [0.1, 0.15) is 0 Å². The second-order valence-corrected chi connectivity index (χ2v) is 2.30. The van der Waals surface area contributed by atoms with Crippen molar-refractivity contribution in [1.29, 1.82) is 0 Å². The van der Waals surface area contributed by atoms with Crippen LogP contribution in [0.3, 0.4) is 0 Å². The van der Waals surface area contributed by atoms with Gasteiger partial charge in [0.15, 0.2) is 0 Å². The van der Waals surface area contributed by atoms with E-state index in [1.165, 1.54) is 0 Å². The normalized spacial score (nSPS) is 7.60. The first-order chi connectivity index (χ1) is 4.23. The van der Waals surface area contributed by atoms with Gasteiger partial charge in [-0.2, -0.15) is 18.2 Å². The largest absolute Gasteiger partial charge is 0.312 e. The SMILES string of the molecule is CN(C)C.[Zr].c1cc[cH-]c1. The predicted molar refractivity (Wildman–Crippen MR) is 41.6 cm³/mol. The van der Waals surface area contributed by atoms with Gasteiger partial charge in [-0.1, -0.05) is 0 Å². The second kappa shape index (κ2) is 9.19. The first-order valence-electron chi connectivity index (χ1n) is 3.01. The summed E-state index contributed by atoms with van der Waals surface area (Å²) in [5.41, 5.74) is 0. The molecule has 1 nitrogen and oxygen atoms in total. The zero-order chi connectivity index (χ0) is 7.11. The van der Waals surface area contributed by atoms with Gasteiger partial charge in [-0.05, 0) is 21.1 Å². The molecule has 1 rings (SSSR count). The minimum absolute atomic E-state index is 0. The van der Waals surface area contributed by atoms with Gasteiger partial charge in [0.2, 0.25) is 0 Å². The molecule has 0 heterocycles. The van der Waals surface area contributed by atoms with E-state index in [0.717, 1.165) is 0 Å². The van der Waals surface area contributed by atoms with E-state index >= 15 is 0 Å². The Morgan fingerprint density at radius 3 is 1.40 bits per heavy atom. The molecule has 1 aromatic carbocycles. The summed E-state index contributed by atoms with van der Waals surface area (Å²) in [4.78, 5) is 2.00. The number of hydrogen-bond donors (Lipinski definition) is 0. The topological polar surface area (TPSA) is 3.24 Å². The van der Waals surface area contributed by atoms with Crippen molar-refractivity contribution >= 4 is 0 Å². The van der Waals surface area contributed by atoms with E-state index in [1.807, 2.05) is 56.4 Å². The predicted octanol–water partition coefficient (Wildman–Crippen LogP) is 1.58. The fourth-order valence-electron chi connectivity index (χ4n) is 0.321. The van der Waals surface area contributed by atoms with Crippen molar-refractivity contribution in [3.05, 3.63) is 30.3 Å². The molecule has 0 bridgehead atoms.